The number of nitrogens with one attached hydrogen (secondary N) is 1. The quantitative estimate of drug-likeness (QED) is 0.173. The number of rotatable bonds is 21. The van der Waals surface area contributed by atoms with Gasteiger partial charge in [-0.15, -0.1) is 0 Å². The molecule has 1 N–H and O–H groups in total. The molecule has 6 heteroatoms. The molecule has 1 aliphatic rings. The molecular formula is C25H52NO4P. The molecule has 5 nitrogen and oxygen atoms in total. The van der Waals surface area contributed by atoms with Crippen LogP contribution in [0.3, 0.4) is 0 Å². The maximum Gasteiger partial charge on any atom is 0.268 e. The number of quaternary nitrogens is 1. The van der Waals surface area contributed by atoms with Gasteiger partial charge in [-0.05, 0) is 19.3 Å². The third-order valence-corrected chi connectivity index (χ3v) is 7.60. The summed E-state index contributed by atoms with van der Waals surface area (Å²) < 4.78 is 22.5. The molecule has 0 bridgehead atoms. The average molecular weight is 462 g/mol. The van der Waals surface area contributed by atoms with E-state index >= 15 is 0 Å². The van der Waals surface area contributed by atoms with E-state index in [9.17, 15) is 9.46 Å². The Morgan fingerprint density at radius 2 is 1.19 bits per heavy atom. The van der Waals surface area contributed by atoms with Gasteiger partial charge in [0.2, 0.25) is 0 Å². The van der Waals surface area contributed by atoms with Crippen LogP contribution >= 0.6 is 7.82 Å². The molecule has 1 unspecified atom stereocenters. The molecule has 1 heterocycles. The lowest BCUT2D eigenvalue weighted by Gasteiger charge is -2.33. The lowest BCUT2D eigenvalue weighted by Crippen LogP contribution is -3.13. The van der Waals surface area contributed by atoms with E-state index in [1.165, 1.54) is 90.0 Å². The molecule has 0 amide bonds. The van der Waals surface area contributed by atoms with Crippen LogP contribution in [0.2, 0.25) is 0 Å². The first kappa shape index (κ1) is 29.1. The third-order valence-electron chi connectivity index (χ3n) is 6.55. The third kappa shape index (κ3) is 17.2. The molecule has 1 aliphatic heterocycles. The summed E-state index contributed by atoms with van der Waals surface area (Å²) in [5, 5.41) is 0. The molecule has 0 saturated carbocycles. The standard InChI is InChI=1S/C25H52NO4P/c1-3-5-7-9-11-12-13-14-15-17-21-26-22-19-25(20-23-26)30-31(27,28)29-24-18-16-10-8-6-4-2/h25H,3-24H2,1-2H3,(H,27,28). The highest BCUT2D eigenvalue weighted by atomic mass is 31.2. The fraction of sp³-hybridized carbons (Fsp3) is 1.00. The average Bonchev–Trinajstić information content (AvgIpc) is 2.75. The van der Waals surface area contributed by atoms with E-state index in [-0.39, 0.29) is 12.7 Å². The number of unbranched alkanes of at least 4 members (excludes halogenated alkanes) is 14. The second-order valence-corrected chi connectivity index (χ2v) is 10.9. The summed E-state index contributed by atoms with van der Waals surface area (Å²) in [5.74, 6) is 0. The van der Waals surface area contributed by atoms with Crippen LogP contribution in [0.1, 0.15) is 129 Å². The number of piperidine rings is 1. The molecule has 0 radical (unpaired) electrons. The summed E-state index contributed by atoms with van der Waals surface area (Å²) in [5.41, 5.74) is 0. The molecule has 0 aliphatic carbocycles. The second-order valence-electron chi connectivity index (χ2n) is 9.53. The molecule has 186 valence electrons. The zero-order valence-corrected chi connectivity index (χ0v) is 21.6. The van der Waals surface area contributed by atoms with Crippen LogP contribution in [-0.2, 0) is 13.6 Å². The monoisotopic (exact) mass is 461 g/mol. The largest absolute Gasteiger partial charge is 0.756 e. The van der Waals surface area contributed by atoms with Crippen LogP contribution in [0.15, 0.2) is 0 Å². The summed E-state index contributed by atoms with van der Waals surface area (Å²) in [7, 11) is -4.15. The molecule has 0 aromatic heterocycles. The maximum atomic E-state index is 12.1. The Hall–Kier alpha value is 0.0700. The van der Waals surface area contributed by atoms with E-state index in [4.69, 9.17) is 9.05 Å². The minimum atomic E-state index is -4.15. The number of phosphoric acid groups is 1. The van der Waals surface area contributed by atoms with Crippen molar-refractivity contribution in [1.29, 1.82) is 0 Å². The zero-order chi connectivity index (χ0) is 22.6. The van der Waals surface area contributed by atoms with E-state index in [0.29, 0.717) is 0 Å². The van der Waals surface area contributed by atoms with Gasteiger partial charge in [0.1, 0.15) is 0 Å². The lowest BCUT2D eigenvalue weighted by atomic mass is 10.1. The molecule has 1 saturated heterocycles. The topological polar surface area (TPSA) is 63.0 Å². The summed E-state index contributed by atoms with van der Waals surface area (Å²) in [6, 6.07) is 0. The van der Waals surface area contributed by atoms with Gasteiger partial charge in [-0.2, -0.15) is 0 Å². The van der Waals surface area contributed by atoms with Crippen LogP contribution < -0.4 is 9.79 Å². The van der Waals surface area contributed by atoms with Crippen molar-refractivity contribution in [2.45, 2.75) is 136 Å². The van der Waals surface area contributed by atoms with Crippen molar-refractivity contribution in [2.24, 2.45) is 0 Å². The molecule has 1 atom stereocenters. The molecule has 0 aromatic rings. The highest BCUT2D eigenvalue weighted by Gasteiger charge is 2.26. The van der Waals surface area contributed by atoms with Gasteiger partial charge >= 0.3 is 0 Å². The number of likely N-dealkylation sites (tertiary alicyclic amines) is 1. The Morgan fingerprint density at radius 3 is 1.71 bits per heavy atom. The van der Waals surface area contributed by atoms with Crippen LogP contribution in [0.4, 0.5) is 0 Å². The Bertz CT molecular complexity index is 441. The van der Waals surface area contributed by atoms with Crippen LogP contribution in [-0.4, -0.2) is 32.3 Å². The first-order valence-electron chi connectivity index (χ1n) is 13.5. The number of phosphoric ester groups is 1. The van der Waals surface area contributed by atoms with Gasteiger partial charge in [-0.1, -0.05) is 97.3 Å². The number of hydrogen-bond donors (Lipinski definition) is 1. The van der Waals surface area contributed by atoms with Gasteiger partial charge in [0, 0.05) is 12.8 Å². The second kappa shape index (κ2) is 19.5. The van der Waals surface area contributed by atoms with Crippen molar-refractivity contribution < 1.29 is 23.4 Å². The minimum absolute atomic E-state index is 0.190. The fourth-order valence-electron chi connectivity index (χ4n) is 4.49. The van der Waals surface area contributed by atoms with Crippen LogP contribution in [0.5, 0.6) is 0 Å². The summed E-state index contributed by atoms with van der Waals surface area (Å²) in [6.07, 6.45) is 21.8. The van der Waals surface area contributed by atoms with Gasteiger partial charge in [0.25, 0.3) is 7.82 Å². The van der Waals surface area contributed by atoms with Gasteiger partial charge in [0.15, 0.2) is 0 Å². The van der Waals surface area contributed by atoms with E-state index in [1.54, 1.807) is 4.90 Å². The Morgan fingerprint density at radius 1 is 0.742 bits per heavy atom. The Balaban J connectivity index is 1.97. The molecular weight excluding hydrogens is 409 g/mol. The van der Waals surface area contributed by atoms with Crippen LogP contribution in [0.25, 0.3) is 0 Å². The first-order valence-corrected chi connectivity index (χ1v) is 15.0. The highest BCUT2D eigenvalue weighted by Crippen LogP contribution is 2.41. The van der Waals surface area contributed by atoms with Crippen molar-refractivity contribution >= 4 is 7.82 Å². The zero-order valence-electron chi connectivity index (χ0n) is 20.7. The summed E-state index contributed by atoms with van der Waals surface area (Å²) in [6.45, 7) is 7.96. The van der Waals surface area contributed by atoms with Crippen molar-refractivity contribution in [2.75, 3.05) is 26.2 Å². The molecule has 1 fully saturated rings. The predicted octanol–water partition coefficient (Wildman–Crippen LogP) is 5.82. The van der Waals surface area contributed by atoms with Gasteiger partial charge in [-0.25, -0.2) is 0 Å². The van der Waals surface area contributed by atoms with Gasteiger partial charge < -0.3 is 18.8 Å². The van der Waals surface area contributed by atoms with E-state index < -0.39 is 7.82 Å². The maximum absolute atomic E-state index is 12.1. The minimum Gasteiger partial charge on any atom is -0.756 e. The smallest absolute Gasteiger partial charge is 0.268 e. The SMILES string of the molecule is CCCCCCCCCCCC[NH+]1CCC(OP(=O)([O-])OCCCCCCCC)CC1. The number of hydrogen-bond acceptors (Lipinski definition) is 4. The van der Waals surface area contributed by atoms with E-state index in [0.717, 1.165) is 45.2 Å². The lowest BCUT2D eigenvalue weighted by molar-refractivity contribution is -0.906. The van der Waals surface area contributed by atoms with Crippen molar-refractivity contribution in [1.82, 2.24) is 0 Å². The molecule has 1 rings (SSSR count). The van der Waals surface area contributed by atoms with Crippen LogP contribution in [0, 0.1) is 0 Å². The van der Waals surface area contributed by atoms with Crippen molar-refractivity contribution in [3.63, 3.8) is 0 Å². The van der Waals surface area contributed by atoms with E-state index in [2.05, 4.69) is 13.8 Å². The first-order chi connectivity index (χ1) is 15.1. The van der Waals surface area contributed by atoms with Crippen molar-refractivity contribution in [3.05, 3.63) is 0 Å². The predicted molar refractivity (Wildman–Crippen MR) is 128 cm³/mol. The molecule has 31 heavy (non-hydrogen) atoms. The Labute approximate surface area is 193 Å². The van der Waals surface area contributed by atoms with Gasteiger partial charge in [-0.3, -0.25) is 4.57 Å². The summed E-state index contributed by atoms with van der Waals surface area (Å²) >= 11 is 0. The Kier molecular flexibility index (Phi) is 18.3. The molecule has 0 aromatic carbocycles. The molecule has 0 spiro atoms. The van der Waals surface area contributed by atoms with Gasteiger partial charge in [0.05, 0.1) is 32.3 Å². The van der Waals surface area contributed by atoms with Crippen molar-refractivity contribution in [3.8, 4) is 0 Å². The highest BCUT2D eigenvalue weighted by molar-refractivity contribution is 7.45. The summed E-state index contributed by atoms with van der Waals surface area (Å²) in [4.78, 5) is 13.7. The van der Waals surface area contributed by atoms with E-state index in [1.807, 2.05) is 0 Å². The fourth-order valence-corrected chi connectivity index (χ4v) is 5.48. The normalized spacial score (nSPS) is 21.3.